The molecule has 1 fully saturated rings. The highest BCUT2D eigenvalue weighted by molar-refractivity contribution is 5.93. The Labute approximate surface area is 165 Å². The van der Waals surface area contributed by atoms with Crippen LogP contribution in [0.2, 0.25) is 0 Å². The molecule has 28 heavy (non-hydrogen) atoms. The molecule has 0 spiro atoms. The summed E-state index contributed by atoms with van der Waals surface area (Å²) in [5, 5.41) is 2.94. The van der Waals surface area contributed by atoms with Gasteiger partial charge in [-0.2, -0.15) is 0 Å². The Kier molecular flexibility index (Phi) is 7.14. The third kappa shape index (κ3) is 5.39. The lowest BCUT2D eigenvalue weighted by atomic mass is 10.1. The molecule has 1 heterocycles. The predicted octanol–water partition coefficient (Wildman–Crippen LogP) is 3.83. The van der Waals surface area contributed by atoms with Gasteiger partial charge >= 0.3 is 0 Å². The monoisotopic (exact) mass is 385 g/mol. The summed E-state index contributed by atoms with van der Waals surface area (Å²) in [5.41, 5.74) is 1.49. The summed E-state index contributed by atoms with van der Waals surface area (Å²) in [6.45, 7) is 1.28. The van der Waals surface area contributed by atoms with Crippen molar-refractivity contribution in [2.75, 3.05) is 32.8 Å². The highest BCUT2D eigenvalue weighted by atomic mass is 16.5. The average molecular weight is 385 g/mol. The molecular weight excluding hydrogens is 358 g/mol. The van der Waals surface area contributed by atoms with Crippen LogP contribution in [0.3, 0.4) is 0 Å². The lowest BCUT2D eigenvalue weighted by molar-refractivity contribution is -0.115. The molecule has 2 aromatic rings. The van der Waals surface area contributed by atoms with Crippen LogP contribution in [-0.2, 0) is 16.0 Å². The van der Waals surface area contributed by atoms with Gasteiger partial charge in [0.2, 0.25) is 5.91 Å². The number of ether oxygens (including phenoxy) is 4. The first-order chi connectivity index (χ1) is 13.7. The van der Waals surface area contributed by atoms with Gasteiger partial charge in [-0.15, -0.1) is 0 Å². The fourth-order valence-electron chi connectivity index (χ4n) is 3.19. The van der Waals surface area contributed by atoms with E-state index in [-0.39, 0.29) is 18.4 Å². The van der Waals surface area contributed by atoms with Gasteiger partial charge in [0.25, 0.3) is 0 Å². The first-order valence-electron chi connectivity index (χ1n) is 9.54. The van der Waals surface area contributed by atoms with Crippen molar-refractivity contribution in [1.29, 1.82) is 0 Å². The number of hydrogen-bond donors (Lipinski definition) is 1. The molecule has 1 unspecified atom stereocenters. The second-order valence-electron chi connectivity index (χ2n) is 6.71. The maximum absolute atomic E-state index is 12.5. The lowest BCUT2D eigenvalue weighted by Gasteiger charge is -2.23. The van der Waals surface area contributed by atoms with Crippen molar-refractivity contribution in [3.8, 4) is 17.2 Å². The number of nitrogens with one attached hydrogen (secondary N) is 1. The molecule has 150 valence electrons. The van der Waals surface area contributed by atoms with Gasteiger partial charge in [-0.1, -0.05) is 18.2 Å². The number of anilines is 1. The summed E-state index contributed by atoms with van der Waals surface area (Å²) >= 11 is 0. The van der Waals surface area contributed by atoms with Crippen molar-refractivity contribution in [1.82, 2.24) is 0 Å². The van der Waals surface area contributed by atoms with Crippen LogP contribution in [0.1, 0.15) is 24.8 Å². The van der Waals surface area contributed by atoms with E-state index in [1.54, 1.807) is 26.4 Å². The van der Waals surface area contributed by atoms with Crippen LogP contribution in [0.5, 0.6) is 17.2 Å². The van der Waals surface area contributed by atoms with Crippen LogP contribution in [0.25, 0.3) is 0 Å². The Morgan fingerprint density at radius 1 is 1.07 bits per heavy atom. The van der Waals surface area contributed by atoms with Crippen LogP contribution in [-0.4, -0.2) is 39.4 Å². The summed E-state index contributed by atoms with van der Waals surface area (Å²) in [6, 6.07) is 12.9. The molecule has 3 rings (SSSR count). The minimum absolute atomic E-state index is 0.115. The molecule has 1 aliphatic rings. The number of carbonyl (C=O) groups is 1. The Hall–Kier alpha value is -2.73. The maximum atomic E-state index is 12.5. The summed E-state index contributed by atoms with van der Waals surface area (Å²) in [5.74, 6) is 1.76. The van der Waals surface area contributed by atoms with Gasteiger partial charge < -0.3 is 24.3 Å². The number of para-hydroxylation sites is 2. The van der Waals surface area contributed by atoms with E-state index in [0.29, 0.717) is 29.5 Å². The Bertz CT molecular complexity index is 786. The second kappa shape index (κ2) is 9.99. The number of benzene rings is 2. The SMILES string of the molecule is COc1ccc(CC(=O)Nc2ccccc2OCC2CCCCO2)cc1OC. The zero-order valence-corrected chi connectivity index (χ0v) is 16.4. The zero-order valence-electron chi connectivity index (χ0n) is 16.4. The van der Waals surface area contributed by atoms with Gasteiger partial charge in [0.1, 0.15) is 12.4 Å². The lowest BCUT2D eigenvalue weighted by Crippen LogP contribution is -2.26. The summed E-state index contributed by atoms with van der Waals surface area (Å²) in [4.78, 5) is 12.5. The van der Waals surface area contributed by atoms with Crippen molar-refractivity contribution < 1.29 is 23.7 Å². The fourth-order valence-corrected chi connectivity index (χ4v) is 3.19. The van der Waals surface area contributed by atoms with Gasteiger partial charge in [-0.05, 0) is 49.1 Å². The van der Waals surface area contributed by atoms with E-state index < -0.39 is 0 Å². The summed E-state index contributed by atoms with van der Waals surface area (Å²) in [7, 11) is 3.16. The molecular formula is C22H27NO5. The van der Waals surface area contributed by atoms with Crippen molar-refractivity contribution >= 4 is 11.6 Å². The molecule has 1 N–H and O–H groups in total. The Balaban J connectivity index is 1.60. The molecule has 2 aromatic carbocycles. The third-order valence-corrected chi connectivity index (χ3v) is 4.67. The van der Waals surface area contributed by atoms with Gasteiger partial charge in [0.15, 0.2) is 11.5 Å². The quantitative estimate of drug-likeness (QED) is 0.748. The predicted molar refractivity (Wildman–Crippen MR) is 107 cm³/mol. The minimum atomic E-state index is -0.128. The van der Waals surface area contributed by atoms with Crippen LogP contribution in [0.4, 0.5) is 5.69 Å². The van der Waals surface area contributed by atoms with Crippen LogP contribution in [0, 0.1) is 0 Å². The standard InChI is InChI=1S/C22H27NO5/c1-25-20-11-10-16(13-21(20)26-2)14-22(24)23-18-8-3-4-9-19(18)28-15-17-7-5-6-12-27-17/h3-4,8-11,13,17H,5-7,12,14-15H2,1-2H3,(H,23,24). The first kappa shape index (κ1) is 20.0. The molecule has 1 amide bonds. The van der Waals surface area contributed by atoms with Crippen molar-refractivity contribution in [2.24, 2.45) is 0 Å². The number of rotatable bonds is 8. The highest BCUT2D eigenvalue weighted by Crippen LogP contribution is 2.28. The number of amides is 1. The topological polar surface area (TPSA) is 66.0 Å². The van der Waals surface area contributed by atoms with E-state index in [0.717, 1.165) is 31.4 Å². The van der Waals surface area contributed by atoms with Gasteiger partial charge in [-0.3, -0.25) is 4.79 Å². The molecule has 0 radical (unpaired) electrons. The van der Waals surface area contributed by atoms with Crippen LogP contribution < -0.4 is 19.5 Å². The maximum Gasteiger partial charge on any atom is 0.228 e. The van der Waals surface area contributed by atoms with Crippen molar-refractivity contribution in [3.05, 3.63) is 48.0 Å². The second-order valence-corrected chi connectivity index (χ2v) is 6.71. The normalized spacial score (nSPS) is 16.3. The molecule has 0 bridgehead atoms. The molecule has 6 nitrogen and oxygen atoms in total. The van der Waals surface area contributed by atoms with Gasteiger partial charge in [-0.25, -0.2) is 0 Å². The fraction of sp³-hybridized carbons (Fsp3) is 0.409. The molecule has 1 aliphatic heterocycles. The molecule has 0 aromatic heterocycles. The molecule has 0 aliphatic carbocycles. The van der Waals surface area contributed by atoms with Crippen LogP contribution in [0.15, 0.2) is 42.5 Å². The van der Waals surface area contributed by atoms with Gasteiger partial charge in [0.05, 0.1) is 32.4 Å². The van der Waals surface area contributed by atoms with Crippen LogP contribution >= 0.6 is 0 Å². The summed E-state index contributed by atoms with van der Waals surface area (Å²) in [6.07, 6.45) is 3.62. The largest absolute Gasteiger partial charge is 0.493 e. The molecule has 1 atom stereocenters. The summed E-state index contributed by atoms with van der Waals surface area (Å²) < 4.78 is 22.2. The van der Waals surface area contributed by atoms with E-state index >= 15 is 0 Å². The molecule has 0 saturated carbocycles. The Morgan fingerprint density at radius 3 is 2.64 bits per heavy atom. The van der Waals surface area contributed by atoms with Crippen molar-refractivity contribution in [2.45, 2.75) is 31.8 Å². The number of carbonyl (C=O) groups excluding carboxylic acids is 1. The number of hydrogen-bond acceptors (Lipinski definition) is 5. The Morgan fingerprint density at radius 2 is 1.89 bits per heavy atom. The highest BCUT2D eigenvalue weighted by Gasteiger charge is 2.16. The first-order valence-corrected chi connectivity index (χ1v) is 9.54. The minimum Gasteiger partial charge on any atom is -0.493 e. The number of methoxy groups -OCH3 is 2. The van der Waals surface area contributed by atoms with E-state index in [1.165, 1.54) is 0 Å². The van der Waals surface area contributed by atoms with E-state index in [9.17, 15) is 4.79 Å². The third-order valence-electron chi connectivity index (χ3n) is 4.67. The van der Waals surface area contributed by atoms with E-state index in [1.807, 2.05) is 30.3 Å². The molecule has 6 heteroatoms. The van der Waals surface area contributed by atoms with Gasteiger partial charge in [0, 0.05) is 6.61 Å². The molecule has 1 saturated heterocycles. The zero-order chi connectivity index (χ0) is 19.8. The smallest absolute Gasteiger partial charge is 0.228 e. The van der Waals surface area contributed by atoms with E-state index in [4.69, 9.17) is 18.9 Å². The van der Waals surface area contributed by atoms with E-state index in [2.05, 4.69) is 5.32 Å². The average Bonchev–Trinajstić information content (AvgIpc) is 2.73. The van der Waals surface area contributed by atoms with Crippen molar-refractivity contribution in [3.63, 3.8) is 0 Å².